The van der Waals surface area contributed by atoms with Crippen molar-refractivity contribution in [3.8, 4) is 0 Å². The van der Waals surface area contributed by atoms with E-state index in [1.54, 1.807) is 19.2 Å². The smallest absolute Gasteiger partial charge is 0.326 e. The second-order valence-electron chi connectivity index (χ2n) is 9.53. The lowest BCUT2D eigenvalue weighted by atomic mass is 9.98. The summed E-state index contributed by atoms with van der Waals surface area (Å²) in [6, 6.07) is 1.68. The molecule has 2 rings (SSSR count). The Bertz CT molecular complexity index is 1240. The monoisotopic (exact) mass is 561 g/mol. The molecule has 0 spiro atoms. The van der Waals surface area contributed by atoms with Gasteiger partial charge >= 0.3 is 17.9 Å². The average Bonchev–Trinajstić information content (AvgIpc) is 3.31. The number of fused-ring (bicyclic) bond motifs is 1. The fraction of sp³-hybridized carbons (Fsp3) is 0.462. The maximum Gasteiger partial charge on any atom is 0.326 e. The van der Waals surface area contributed by atoms with Crippen LogP contribution in [0, 0.1) is 5.92 Å². The van der Waals surface area contributed by atoms with Gasteiger partial charge in [-0.25, -0.2) is 4.79 Å². The molecule has 5 unspecified atom stereocenters. The van der Waals surface area contributed by atoms with E-state index in [4.69, 9.17) is 10.8 Å². The second-order valence-corrected chi connectivity index (χ2v) is 9.53. The lowest BCUT2D eigenvalue weighted by molar-refractivity contribution is -0.144. The van der Waals surface area contributed by atoms with Crippen molar-refractivity contribution in [1.82, 2.24) is 20.9 Å². The molecule has 2 aromatic rings. The summed E-state index contributed by atoms with van der Waals surface area (Å²) < 4.78 is 0. The third kappa shape index (κ3) is 9.08. The van der Waals surface area contributed by atoms with E-state index in [0.717, 1.165) is 10.9 Å². The molecular formula is C26H35N5O9. The molecule has 218 valence electrons. The third-order valence-corrected chi connectivity index (χ3v) is 6.56. The van der Waals surface area contributed by atoms with E-state index in [1.807, 2.05) is 25.1 Å². The Morgan fingerprint density at radius 3 is 2.08 bits per heavy atom. The molecule has 0 aliphatic carbocycles. The first kappa shape index (κ1) is 31.8. The van der Waals surface area contributed by atoms with Gasteiger partial charge in [0.15, 0.2) is 0 Å². The predicted molar refractivity (Wildman–Crippen MR) is 142 cm³/mol. The number of carboxylic acid groups (broad SMARTS) is 3. The first-order valence-electron chi connectivity index (χ1n) is 12.7. The van der Waals surface area contributed by atoms with Gasteiger partial charge in [0.2, 0.25) is 17.7 Å². The molecule has 0 bridgehead atoms. The summed E-state index contributed by atoms with van der Waals surface area (Å²) in [7, 11) is 0. The van der Waals surface area contributed by atoms with Crippen LogP contribution in [0.25, 0.3) is 10.9 Å². The summed E-state index contributed by atoms with van der Waals surface area (Å²) >= 11 is 0. The van der Waals surface area contributed by atoms with E-state index in [0.29, 0.717) is 12.0 Å². The van der Waals surface area contributed by atoms with Gasteiger partial charge in [-0.15, -0.1) is 0 Å². The summed E-state index contributed by atoms with van der Waals surface area (Å²) in [6.45, 7) is 3.62. The molecule has 3 amide bonds. The largest absolute Gasteiger partial charge is 0.481 e. The Morgan fingerprint density at radius 2 is 1.48 bits per heavy atom. The number of carbonyl (C=O) groups excluding carboxylic acids is 3. The van der Waals surface area contributed by atoms with Gasteiger partial charge in [-0.2, -0.15) is 0 Å². The molecule has 9 N–H and O–H groups in total. The maximum absolute atomic E-state index is 13.4. The summed E-state index contributed by atoms with van der Waals surface area (Å²) in [5, 5.41) is 35.3. The Balaban J connectivity index is 2.31. The number of para-hydroxylation sites is 1. The number of rotatable bonds is 16. The van der Waals surface area contributed by atoms with Gasteiger partial charge in [-0.3, -0.25) is 24.0 Å². The van der Waals surface area contributed by atoms with Crippen molar-refractivity contribution in [3.63, 3.8) is 0 Å². The fourth-order valence-corrected chi connectivity index (χ4v) is 3.96. The Hall–Kier alpha value is -4.46. The van der Waals surface area contributed by atoms with Crippen LogP contribution in [-0.2, 0) is 35.2 Å². The number of H-pyrrole nitrogens is 1. The first-order valence-corrected chi connectivity index (χ1v) is 12.7. The van der Waals surface area contributed by atoms with Crippen LogP contribution in [0.15, 0.2) is 30.5 Å². The molecule has 0 fully saturated rings. The molecule has 5 atom stereocenters. The van der Waals surface area contributed by atoms with Crippen molar-refractivity contribution >= 4 is 46.5 Å². The predicted octanol–water partition coefficient (Wildman–Crippen LogP) is -0.0377. The number of amides is 3. The highest BCUT2D eigenvalue weighted by molar-refractivity contribution is 5.96. The van der Waals surface area contributed by atoms with E-state index in [2.05, 4.69) is 20.9 Å². The molecule has 0 radical (unpaired) electrons. The minimum absolute atomic E-state index is 0.0351. The summed E-state index contributed by atoms with van der Waals surface area (Å²) in [4.78, 5) is 76.0. The zero-order valence-electron chi connectivity index (χ0n) is 22.2. The van der Waals surface area contributed by atoms with Crippen LogP contribution in [0.4, 0.5) is 0 Å². The van der Waals surface area contributed by atoms with Gasteiger partial charge in [0.25, 0.3) is 0 Å². The SMILES string of the molecule is CCC(C)C(N)C(=O)NC(Cc1c[nH]c2ccccc12)C(=O)NC(CC(=O)O)C(=O)NC(CCC(=O)O)C(=O)O. The van der Waals surface area contributed by atoms with Gasteiger partial charge in [-0.1, -0.05) is 38.5 Å². The van der Waals surface area contributed by atoms with Gasteiger partial charge in [-0.05, 0) is 24.0 Å². The molecule has 1 aromatic carbocycles. The summed E-state index contributed by atoms with van der Waals surface area (Å²) in [5.41, 5.74) is 7.48. The molecule has 14 heteroatoms. The molecule has 1 heterocycles. The van der Waals surface area contributed by atoms with Gasteiger partial charge in [0.05, 0.1) is 12.5 Å². The van der Waals surface area contributed by atoms with Crippen molar-refractivity contribution < 1.29 is 44.1 Å². The number of carboxylic acids is 3. The second kappa shape index (κ2) is 14.6. The van der Waals surface area contributed by atoms with E-state index in [-0.39, 0.29) is 12.3 Å². The van der Waals surface area contributed by atoms with Gasteiger partial charge < -0.3 is 42.0 Å². The highest BCUT2D eigenvalue weighted by Crippen LogP contribution is 2.19. The summed E-state index contributed by atoms with van der Waals surface area (Å²) in [6.07, 6.45) is 0.295. The normalized spacial score (nSPS) is 14.8. The minimum Gasteiger partial charge on any atom is -0.481 e. The number of hydrogen-bond acceptors (Lipinski definition) is 7. The van der Waals surface area contributed by atoms with Crippen molar-refractivity contribution in [1.29, 1.82) is 0 Å². The van der Waals surface area contributed by atoms with E-state index in [9.17, 15) is 39.0 Å². The van der Waals surface area contributed by atoms with Crippen molar-refractivity contribution in [2.45, 2.75) is 70.1 Å². The van der Waals surface area contributed by atoms with Crippen molar-refractivity contribution in [2.24, 2.45) is 11.7 Å². The third-order valence-electron chi connectivity index (χ3n) is 6.56. The van der Waals surface area contributed by atoms with Gasteiger partial charge in [0, 0.05) is 29.9 Å². The van der Waals surface area contributed by atoms with Crippen LogP contribution in [0.2, 0.25) is 0 Å². The number of aromatic nitrogens is 1. The minimum atomic E-state index is -1.72. The molecule has 0 aliphatic heterocycles. The van der Waals surface area contributed by atoms with Crippen molar-refractivity contribution in [3.05, 3.63) is 36.0 Å². The molecule has 0 saturated carbocycles. The highest BCUT2D eigenvalue weighted by Gasteiger charge is 2.32. The molecule has 40 heavy (non-hydrogen) atoms. The Labute approximate surface area is 229 Å². The zero-order chi connectivity index (χ0) is 30.0. The number of carbonyl (C=O) groups is 6. The van der Waals surface area contributed by atoms with Crippen molar-refractivity contribution in [2.75, 3.05) is 0 Å². The number of benzene rings is 1. The molecule has 14 nitrogen and oxygen atoms in total. The molecule has 1 aromatic heterocycles. The van der Waals surface area contributed by atoms with Crippen LogP contribution in [0.3, 0.4) is 0 Å². The lowest BCUT2D eigenvalue weighted by Crippen LogP contribution is -2.58. The van der Waals surface area contributed by atoms with Gasteiger partial charge in [0.1, 0.15) is 18.1 Å². The molecule has 0 saturated heterocycles. The lowest BCUT2D eigenvalue weighted by Gasteiger charge is -2.25. The average molecular weight is 562 g/mol. The van der Waals surface area contributed by atoms with Crippen LogP contribution in [-0.4, -0.2) is 80.1 Å². The summed E-state index contributed by atoms with van der Waals surface area (Å²) in [5.74, 6) is -7.14. The van der Waals surface area contributed by atoms with E-state index >= 15 is 0 Å². The standard InChI is InChI=1S/C26H35N5O9/c1-3-13(2)22(27)25(38)31-18(10-14-12-28-16-7-5-4-6-15(14)16)23(36)30-19(11-21(34)35)24(37)29-17(26(39)40)8-9-20(32)33/h4-7,12-13,17-19,22,28H,3,8-11,27H2,1-2H3,(H,29,37)(H,30,36)(H,31,38)(H,32,33)(H,34,35)(H,39,40). The molecule has 0 aliphatic rings. The zero-order valence-corrected chi connectivity index (χ0v) is 22.2. The fourth-order valence-electron chi connectivity index (χ4n) is 3.96. The first-order chi connectivity index (χ1) is 18.8. The van der Waals surface area contributed by atoms with E-state index in [1.165, 1.54) is 0 Å². The van der Waals surface area contributed by atoms with Crippen LogP contribution >= 0.6 is 0 Å². The van der Waals surface area contributed by atoms with E-state index < -0.39 is 79.1 Å². The van der Waals surface area contributed by atoms with Crippen LogP contribution < -0.4 is 21.7 Å². The number of aromatic amines is 1. The number of nitrogens with one attached hydrogen (secondary N) is 4. The number of aliphatic carboxylic acids is 3. The number of nitrogens with two attached hydrogens (primary N) is 1. The highest BCUT2D eigenvalue weighted by atomic mass is 16.4. The Morgan fingerprint density at radius 1 is 0.875 bits per heavy atom. The quantitative estimate of drug-likeness (QED) is 0.136. The Kier molecular flexibility index (Phi) is 11.6. The van der Waals surface area contributed by atoms with Crippen LogP contribution in [0.1, 0.15) is 45.1 Å². The number of hydrogen-bond donors (Lipinski definition) is 8. The van der Waals surface area contributed by atoms with Crippen LogP contribution in [0.5, 0.6) is 0 Å². The maximum atomic E-state index is 13.4. The topological polar surface area (TPSA) is 241 Å². The molecular weight excluding hydrogens is 526 g/mol.